The molecule has 0 radical (unpaired) electrons. The maximum atomic E-state index is 14.2. The van der Waals surface area contributed by atoms with Crippen LogP contribution in [0, 0.1) is 5.82 Å². The Morgan fingerprint density at radius 1 is 1.06 bits per heavy atom. The molecule has 0 saturated heterocycles. The van der Waals surface area contributed by atoms with E-state index >= 15 is 0 Å². The number of fused-ring (bicyclic) bond motifs is 1. The highest BCUT2D eigenvalue weighted by Gasteiger charge is 2.45. The molecule has 2 aromatic carbocycles. The predicted octanol–water partition coefficient (Wildman–Crippen LogP) is 5.78. The molecule has 5 rings (SSSR count). The summed E-state index contributed by atoms with van der Waals surface area (Å²) in [6, 6.07) is 12.3. The van der Waals surface area contributed by atoms with E-state index in [2.05, 4.69) is 0 Å². The van der Waals surface area contributed by atoms with Crippen molar-refractivity contribution < 1.29 is 23.1 Å². The summed E-state index contributed by atoms with van der Waals surface area (Å²) in [6.45, 7) is -0.367. The first-order chi connectivity index (χ1) is 17.0. The van der Waals surface area contributed by atoms with Crippen molar-refractivity contribution in [3.8, 4) is 0 Å². The van der Waals surface area contributed by atoms with Gasteiger partial charge in [-0.15, -0.1) is 0 Å². The third-order valence-corrected chi connectivity index (χ3v) is 6.93. The molecule has 1 fully saturated rings. The maximum absolute atomic E-state index is 14.2. The molecule has 35 heavy (non-hydrogen) atoms. The Hall–Kier alpha value is -3.32. The lowest BCUT2D eigenvalue weighted by Crippen LogP contribution is -2.46. The van der Waals surface area contributed by atoms with Crippen molar-refractivity contribution in [2.45, 2.75) is 56.7 Å². The number of carbonyl (C=O) groups excluding carboxylic acids is 2. The minimum absolute atomic E-state index is 0.0743. The molecule has 0 N–H and O–H groups in total. The van der Waals surface area contributed by atoms with E-state index in [0.29, 0.717) is 12.0 Å². The summed E-state index contributed by atoms with van der Waals surface area (Å²) in [6.07, 6.45) is 9.28. The number of amides is 2. The average Bonchev–Trinajstić information content (AvgIpc) is 3.15. The number of allylic oxidation sites excluding steroid dienone is 2. The Morgan fingerprint density at radius 2 is 1.86 bits per heavy atom. The Bertz CT molecular complexity index is 1170. The summed E-state index contributed by atoms with van der Waals surface area (Å²) in [5.74, 6) is -1.61. The van der Waals surface area contributed by atoms with Crippen LogP contribution in [0.25, 0.3) is 0 Å². The van der Waals surface area contributed by atoms with E-state index < -0.39 is 29.7 Å². The van der Waals surface area contributed by atoms with Crippen LogP contribution in [0.4, 0.5) is 20.2 Å². The minimum atomic E-state index is -0.926. The van der Waals surface area contributed by atoms with Gasteiger partial charge < -0.3 is 9.64 Å². The molecule has 2 amide bonds. The number of hydrogen-bond acceptors (Lipinski definition) is 3. The molecule has 7 heteroatoms. The van der Waals surface area contributed by atoms with Gasteiger partial charge in [0.1, 0.15) is 24.3 Å². The van der Waals surface area contributed by atoms with Crippen LogP contribution in [0.2, 0.25) is 0 Å². The highest BCUT2D eigenvalue weighted by Crippen LogP contribution is 2.44. The SMILES string of the molecule is O=C1C(N(C(=O)COC2C=C(F)C=CC2)c2cccc(F)c2)c2ccccc2N1C1CCCCC1. The second-order valence-electron chi connectivity index (χ2n) is 9.24. The highest BCUT2D eigenvalue weighted by molar-refractivity contribution is 6.11. The zero-order chi connectivity index (χ0) is 24.4. The van der Waals surface area contributed by atoms with Gasteiger partial charge in [0.15, 0.2) is 0 Å². The normalized spacial score (nSPS) is 22.2. The summed E-state index contributed by atoms with van der Waals surface area (Å²) in [5, 5.41) is 0. The Morgan fingerprint density at radius 3 is 2.63 bits per heavy atom. The number of halogens is 2. The second kappa shape index (κ2) is 10.1. The van der Waals surface area contributed by atoms with E-state index in [-0.39, 0.29) is 24.2 Å². The number of nitrogens with zero attached hydrogens (tertiary/aromatic N) is 2. The summed E-state index contributed by atoms with van der Waals surface area (Å²) in [4.78, 5) is 30.7. The van der Waals surface area contributed by atoms with Crippen LogP contribution in [0.1, 0.15) is 50.1 Å². The second-order valence-corrected chi connectivity index (χ2v) is 9.24. The maximum Gasteiger partial charge on any atom is 0.255 e. The molecule has 3 aliphatic rings. The molecular formula is C28H28F2N2O3. The van der Waals surface area contributed by atoms with E-state index in [4.69, 9.17) is 4.74 Å². The van der Waals surface area contributed by atoms with Gasteiger partial charge in [0.2, 0.25) is 0 Å². The molecule has 2 aromatic rings. The molecule has 1 heterocycles. The third-order valence-electron chi connectivity index (χ3n) is 6.93. The summed E-state index contributed by atoms with van der Waals surface area (Å²) >= 11 is 0. The van der Waals surface area contributed by atoms with Gasteiger partial charge in [-0.1, -0.05) is 49.6 Å². The topological polar surface area (TPSA) is 49.9 Å². The lowest BCUT2D eigenvalue weighted by atomic mass is 9.94. The van der Waals surface area contributed by atoms with E-state index in [1.54, 1.807) is 12.1 Å². The van der Waals surface area contributed by atoms with Crippen molar-refractivity contribution in [2.75, 3.05) is 16.4 Å². The van der Waals surface area contributed by atoms with Crippen LogP contribution in [0.3, 0.4) is 0 Å². The number of para-hydroxylation sites is 1. The Balaban J connectivity index is 1.49. The van der Waals surface area contributed by atoms with Crippen molar-refractivity contribution in [2.24, 2.45) is 0 Å². The number of ether oxygens (including phenoxy) is 1. The van der Waals surface area contributed by atoms with Crippen LogP contribution in [-0.4, -0.2) is 30.6 Å². The molecule has 0 spiro atoms. The van der Waals surface area contributed by atoms with Gasteiger partial charge in [-0.3, -0.25) is 14.5 Å². The zero-order valence-electron chi connectivity index (χ0n) is 19.4. The van der Waals surface area contributed by atoms with Crippen LogP contribution < -0.4 is 9.80 Å². The van der Waals surface area contributed by atoms with E-state index in [9.17, 15) is 18.4 Å². The fraction of sp³-hybridized carbons (Fsp3) is 0.357. The van der Waals surface area contributed by atoms with Gasteiger partial charge in [0.25, 0.3) is 11.8 Å². The highest BCUT2D eigenvalue weighted by atomic mass is 19.1. The number of benzene rings is 2. The quantitative estimate of drug-likeness (QED) is 0.529. The van der Waals surface area contributed by atoms with Crippen LogP contribution in [0.15, 0.2) is 72.6 Å². The molecule has 182 valence electrons. The molecule has 2 atom stereocenters. The standard InChI is InChI=1S/C28H28F2N2O3/c29-19-8-6-12-22(16-19)32(26(33)18-35-23-13-7-9-20(30)17-23)27-24-14-4-5-15-25(24)31(28(27)34)21-10-2-1-3-11-21/h4-9,12,14-17,21,23,27H,1-3,10-11,13,18H2. The fourth-order valence-corrected chi connectivity index (χ4v) is 5.33. The number of hydrogen-bond donors (Lipinski definition) is 0. The van der Waals surface area contributed by atoms with Gasteiger partial charge in [-0.05, 0) is 55.7 Å². The van der Waals surface area contributed by atoms with E-state index in [1.165, 1.54) is 35.3 Å². The Kier molecular flexibility index (Phi) is 6.77. The smallest absolute Gasteiger partial charge is 0.255 e. The van der Waals surface area contributed by atoms with E-state index in [1.807, 2.05) is 29.2 Å². The third kappa shape index (κ3) is 4.78. The van der Waals surface area contributed by atoms with Gasteiger partial charge >= 0.3 is 0 Å². The first-order valence-corrected chi connectivity index (χ1v) is 12.2. The molecule has 2 unspecified atom stereocenters. The van der Waals surface area contributed by atoms with Crippen molar-refractivity contribution in [1.82, 2.24) is 0 Å². The molecule has 5 nitrogen and oxygen atoms in total. The van der Waals surface area contributed by atoms with Crippen molar-refractivity contribution in [1.29, 1.82) is 0 Å². The summed E-state index contributed by atoms with van der Waals surface area (Å²) < 4.78 is 33.5. The van der Waals surface area contributed by atoms with Crippen LogP contribution >= 0.6 is 0 Å². The monoisotopic (exact) mass is 478 g/mol. The largest absolute Gasteiger partial charge is 0.364 e. The summed E-state index contributed by atoms with van der Waals surface area (Å²) in [7, 11) is 0. The molecular weight excluding hydrogens is 450 g/mol. The zero-order valence-corrected chi connectivity index (χ0v) is 19.4. The fourth-order valence-electron chi connectivity index (χ4n) is 5.33. The Labute approximate surface area is 203 Å². The number of carbonyl (C=O) groups is 2. The van der Waals surface area contributed by atoms with E-state index in [0.717, 1.165) is 37.8 Å². The van der Waals surface area contributed by atoms with Crippen molar-refractivity contribution in [3.63, 3.8) is 0 Å². The molecule has 1 saturated carbocycles. The molecule has 0 bridgehead atoms. The van der Waals surface area contributed by atoms with Crippen LogP contribution in [-0.2, 0) is 14.3 Å². The van der Waals surface area contributed by atoms with Gasteiger partial charge in [0, 0.05) is 23.0 Å². The summed E-state index contributed by atoms with van der Waals surface area (Å²) in [5.41, 5.74) is 1.79. The van der Waals surface area contributed by atoms with Gasteiger partial charge in [-0.2, -0.15) is 0 Å². The first kappa shape index (κ1) is 23.4. The molecule has 0 aromatic heterocycles. The van der Waals surface area contributed by atoms with Gasteiger partial charge in [-0.25, -0.2) is 8.78 Å². The average molecular weight is 479 g/mol. The number of rotatable bonds is 6. The van der Waals surface area contributed by atoms with Gasteiger partial charge in [0.05, 0.1) is 6.10 Å². The number of anilines is 2. The molecule has 1 aliphatic heterocycles. The minimum Gasteiger partial charge on any atom is -0.364 e. The molecule has 2 aliphatic carbocycles. The first-order valence-electron chi connectivity index (χ1n) is 12.2. The van der Waals surface area contributed by atoms with Crippen molar-refractivity contribution in [3.05, 3.63) is 84.0 Å². The lowest BCUT2D eigenvalue weighted by molar-refractivity contribution is -0.128. The van der Waals surface area contributed by atoms with Crippen molar-refractivity contribution >= 4 is 23.2 Å². The lowest BCUT2D eigenvalue weighted by Gasteiger charge is -2.33. The van der Waals surface area contributed by atoms with Crippen LogP contribution in [0.5, 0.6) is 0 Å². The predicted molar refractivity (Wildman–Crippen MR) is 130 cm³/mol.